The normalized spacial score (nSPS) is 19.1. The first-order chi connectivity index (χ1) is 14.9. The van der Waals surface area contributed by atoms with Gasteiger partial charge in [0.1, 0.15) is 23.1 Å². The monoisotopic (exact) mass is 420 g/mol. The molecule has 0 amide bonds. The van der Waals surface area contributed by atoms with E-state index < -0.39 is 11.9 Å². The Morgan fingerprint density at radius 1 is 1.19 bits per heavy atom. The van der Waals surface area contributed by atoms with Gasteiger partial charge in [-0.15, -0.1) is 0 Å². The molecule has 31 heavy (non-hydrogen) atoms. The van der Waals surface area contributed by atoms with E-state index in [1.54, 1.807) is 29.7 Å². The van der Waals surface area contributed by atoms with Gasteiger partial charge in [0.2, 0.25) is 0 Å². The van der Waals surface area contributed by atoms with Crippen LogP contribution in [0.15, 0.2) is 33.7 Å². The number of fused-ring (bicyclic) bond motifs is 2. The second kappa shape index (κ2) is 7.15. The molecule has 1 aromatic carbocycles. The van der Waals surface area contributed by atoms with Crippen LogP contribution in [0, 0.1) is 12.8 Å². The summed E-state index contributed by atoms with van der Waals surface area (Å²) in [7, 11) is 0. The molecular weight excluding hydrogens is 400 g/mol. The Labute approximate surface area is 175 Å². The molecule has 10 nitrogen and oxygen atoms in total. The third kappa shape index (κ3) is 3.20. The van der Waals surface area contributed by atoms with E-state index in [9.17, 15) is 14.7 Å². The quantitative estimate of drug-likeness (QED) is 0.510. The van der Waals surface area contributed by atoms with Gasteiger partial charge in [-0.3, -0.25) is 14.2 Å². The minimum Gasteiger partial charge on any atom is -0.481 e. The van der Waals surface area contributed by atoms with E-state index in [-0.39, 0.29) is 23.1 Å². The molecule has 0 saturated heterocycles. The van der Waals surface area contributed by atoms with Crippen LogP contribution in [-0.2, 0) is 4.79 Å². The Morgan fingerprint density at radius 2 is 1.97 bits per heavy atom. The average Bonchev–Trinajstić information content (AvgIpc) is 3.13. The Kier molecular flexibility index (Phi) is 4.42. The highest BCUT2D eigenvalue weighted by Crippen LogP contribution is 2.34. The molecule has 3 aromatic heterocycles. The summed E-state index contributed by atoms with van der Waals surface area (Å²) >= 11 is 0. The number of nitrogens with zero attached hydrogens (tertiary/aromatic N) is 5. The number of carbonyl (C=O) groups is 1. The van der Waals surface area contributed by atoms with E-state index in [2.05, 4.69) is 19.9 Å². The van der Waals surface area contributed by atoms with Crippen molar-refractivity contribution in [3.63, 3.8) is 0 Å². The molecule has 1 saturated carbocycles. The lowest BCUT2D eigenvalue weighted by atomic mass is 9.86. The summed E-state index contributed by atoms with van der Waals surface area (Å²) in [5, 5.41) is 9.31. The number of aromatic nitrogens is 5. The highest BCUT2D eigenvalue weighted by Gasteiger charge is 2.29. The summed E-state index contributed by atoms with van der Waals surface area (Å²) < 4.78 is 7.13. The first kappa shape index (κ1) is 19.2. The van der Waals surface area contributed by atoms with E-state index in [1.165, 1.54) is 6.33 Å². The Balaban J connectivity index is 1.69. The van der Waals surface area contributed by atoms with Gasteiger partial charge < -0.3 is 15.3 Å². The minimum atomic E-state index is -0.797. The largest absolute Gasteiger partial charge is 0.481 e. The molecule has 10 heteroatoms. The molecule has 1 fully saturated rings. The second-order valence-electron chi connectivity index (χ2n) is 7.83. The first-order valence-electron chi connectivity index (χ1n) is 10.1. The molecule has 0 bridgehead atoms. The number of anilines is 1. The van der Waals surface area contributed by atoms with Crippen LogP contribution >= 0.6 is 0 Å². The molecule has 5 rings (SSSR count). The van der Waals surface area contributed by atoms with Gasteiger partial charge in [0.15, 0.2) is 22.9 Å². The van der Waals surface area contributed by atoms with Gasteiger partial charge in [0.05, 0.1) is 5.92 Å². The molecule has 3 heterocycles. The Morgan fingerprint density at radius 3 is 2.71 bits per heavy atom. The molecule has 3 N–H and O–H groups in total. The molecule has 0 radical (unpaired) electrons. The van der Waals surface area contributed by atoms with Crippen molar-refractivity contribution in [1.29, 1.82) is 0 Å². The molecule has 0 spiro atoms. The van der Waals surface area contributed by atoms with Crippen LogP contribution in [-0.4, -0.2) is 35.6 Å². The van der Waals surface area contributed by atoms with Gasteiger partial charge in [0, 0.05) is 18.5 Å². The smallest absolute Gasteiger partial charge is 0.306 e. The molecule has 0 atom stereocenters. The van der Waals surface area contributed by atoms with Crippen molar-refractivity contribution in [3.05, 3.63) is 40.8 Å². The van der Waals surface area contributed by atoms with Crippen molar-refractivity contribution in [3.8, 4) is 11.3 Å². The van der Waals surface area contributed by atoms with Crippen molar-refractivity contribution < 1.29 is 14.3 Å². The lowest BCUT2D eigenvalue weighted by molar-refractivity contribution is -0.143. The minimum absolute atomic E-state index is 0.178. The van der Waals surface area contributed by atoms with E-state index in [0.717, 1.165) is 0 Å². The van der Waals surface area contributed by atoms with E-state index in [4.69, 9.17) is 10.2 Å². The zero-order chi connectivity index (χ0) is 21.7. The van der Waals surface area contributed by atoms with Gasteiger partial charge in [-0.25, -0.2) is 19.9 Å². The maximum absolute atomic E-state index is 13.6. The molecular formula is C21H20N6O4. The molecule has 1 aliphatic carbocycles. The fourth-order valence-corrected chi connectivity index (χ4v) is 4.33. The summed E-state index contributed by atoms with van der Waals surface area (Å²) in [4.78, 5) is 42.1. The van der Waals surface area contributed by atoms with Crippen molar-refractivity contribution in [1.82, 2.24) is 24.5 Å². The highest BCUT2D eigenvalue weighted by molar-refractivity contribution is 5.85. The van der Waals surface area contributed by atoms with Crippen molar-refractivity contribution >= 4 is 34.1 Å². The highest BCUT2D eigenvalue weighted by atomic mass is 16.4. The number of benzene rings is 1. The predicted molar refractivity (Wildman–Crippen MR) is 112 cm³/mol. The number of nitrogen functional groups attached to an aromatic ring is 1. The van der Waals surface area contributed by atoms with Gasteiger partial charge in [-0.05, 0) is 43.9 Å². The number of aryl methyl sites for hydroxylation is 1. The summed E-state index contributed by atoms with van der Waals surface area (Å²) in [6.07, 6.45) is 3.41. The number of hydrogen-bond acceptors (Lipinski definition) is 8. The first-order valence-corrected chi connectivity index (χ1v) is 10.1. The SMILES string of the molecule is Cc1nc2cc(-c3nc4c(N)ncnc4n(C4CCC(C(=O)O)CC4)c3=O)ccc2o1. The third-order valence-corrected chi connectivity index (χ3v) is 5.88. The number of hydrogen-bond donors (Lipinski definition) is 2. The van der Waals surface area contributed by atoms with Crippen LogP contribution in [0.25, 0.3) is 33.5 Å². The maximum Gasteiger partial charge on any atom is 0.306 e. The van der Waals surface area contributed by atoms with Crippen LogP contribution in [0.5, 0.6) is 0 Å². The summed E-state index contributed by atoms with van der Waals surface area (Å²) in [5.74, 6) is -0.479. The average molecular weight is 420 g/mol. The molecule has 4 aromatic rings. The Bertz CT molecular complexity index is 1380. The maximum atomic E-state index is 13.6. The van der Waals surface area contributed by atoms with Crippen LogP contribution in [0.1, 0.15) is 37.6 Å². The second-order valence-corrected chi connectivity index (χ2v) is 7.83. The van der Waals surface area contributed by atoms with Gasteiger partial charge in [0.25, 0.3) is 5.56 Å². The van der Waals surface area contributed by atoms with E-state index in [1.807, 2.05) is 0 Å². The standard InChI is InChI=1S/C21H20N6O4/c1-10-25-14-8-12(4-7-15(14)31-10)16-20(28)27(13-5-2-11(3-6-13)21(29)30)19-17(26-16)18(22)23-9-24-19/h4,7-9,11,13H,2-3,5-6H2,1H3,(H,29,30)(H2,22,23,24). The van der Waals surface area contributed by atoms with Gasteiger partial charge >= 0.3 is 5.97 Å². The van der Waals surface area contributed by atoms with E-state index in [0.29, 0.717) is 59.4 Å². The molecule has 0 unspecified atom stereocenters. The number of carboxylic acids is 1. The summed E-state index contributed by atoms with van der Waals surface area (Å²) in [5.41, 5.74) is 8.53. The zero-order valence-electron chi connectivity index (χ0n) is 16.8. The molecule has 1 aliphatic rings. The fraction of sp³-hybridized carbons (Fsp3) is 0.333. The van der Waals surface area contributed by atoms with Gasteiger partial charge in [-0.2, -0.15) is 0 Å². The zero-order valence-corrected chi connectivity index (χ0v) is 16.8. The number of nitrogens with two attached hydrogens (primary N) is 1. The topological polar surface area (TPSA) is 150 Å². The number of carboxylic acid groups (broad SMARTS) is 1. The van der Waals surface area contributed by atoms with Crippen LogP contribution < -0.4 is 11.3 Å². The van der Waals surface area contributed by atoms with Crippen molar-refractivity contribution in [2.45, 2.75) is 38.6 Å². The van der Waals surface area contributed by atoms with Crippen LogP contribution in [0.3, 0.4) is 0 Å². The number of aliphatic carboxylic acids is 1. The number of rotatable bonds is 3. The lowest BCUT2D eigenvalue weighted by Gasteiger charge is -2.28. The van der Waals surface area contributed by atoms with Crippen LogP contribution in [0.4, 0.5) is 5.82 Å². The van der Waals surface area contributed by atoms with Crippen molar-refractivity contribution in [2.24, 2.45) is 5.92 Å². The number of oxazole rings is 1. The van der Waals surface area contributed by atoms with Gasteiger partial charge in [-0.1, -0.05) is 0 Å². The fourth-order valence-electron chi connectivity index (χ4n) is 4.33. The molecule has 158 valence electrons. The lowest BCUT2D eigenvalue weighted by Crippen LogP contribution is -2.32. The van der Waals surface area contributed by atoms with Crippen LogP contribution in [0.2, 0.25) is 0 Å². The van der Waals surface area contributed by atoms with Crippen molar-refractivity contribution in [2.75, 3.05) is 5.73 Å². The predicted octanol–water partition coefficient (Wildman–Crippen LogP) is 2.70. The summed E-state index contributed by atoms with van der Waals surface area (Å²) in [6, 6.07) is 5.07. The molecule has 0 aliphatic heterocycles. The third-order valence-electron chi connectivity index (χ3n) is 5.88. The Hall–Kier alpha value is -3.82. The summed E-state index contributed by atoms with van der Waals surface area (Å²) in [6.45, 7) is 1.76. The van der Waals surface area contributed by atoms with E-state index >= 15 is 0 Å².